The Balaban J connectivity index is 3.39. The Morgan fingerprint density at radius 1 is 0.321 bits per heavy atom. The Labute approximate surface area is 526 Å². The van der Waals surface area contributed by atoms with Crippen molar-refractivity contribution in [2.45, 2.75) is 450 Å². The van der Waals surface area contributed by atoms with Crippen LogP contribution in [0.2, 0.25) is 0 Å². The molecule has 0 aliphatic carbocycles. The molecule has 6 nitrogen and oxygen atoms in total. The maximum atomic E-state index is 12.5. The van der Waals surface area contributed by atoms with Gasteiger partial charge in [-0.1, -0.05) is 391 Å². The van der Waals surface area contributed by atoms with Gasteiger partial charge in [-0.25, -0.2) is 0 Å². The molecule has 0 aromatic carbocycles. The van der Waals surface area contributed by atoms with Crippen molar-refractivity contribution >= 4 is 11.9 Å². The number of nitrogens with one attached hydrogen (secondary N) is 1. The van der Waals surface area contributed by atoms with E-state index in [-0.39, 0.29) is 18.5 Å². The van der Waals surface area contributed by atoms with E-state index in [1.807, 2.05) is 6.08 Å². The minimum atomic E-state index is -0.846. The number of carbonyl (C=O) groups is 2. The predicted molar refractivity (Wildman–Crippen MR) is 370 cm³/mol. The minimum absolute atomic E-state index is 0.0194. The normalized spacial score (nSPS) is 12.6. The van der Waals surface area contributed by atoms with E-state index in [4.69, 9.17) is 4.74 Å². The molecular weight excluding hydrogens is 1030 g/mol. The minimum Gasteiger partial charge on any atom is -0.466 e. The van der Waals surface area contributed by atoms with Crippen molar-refractivity contribution in [1.29, 1.82) is 0 Å². The summed E-state index contributed by atoms with van der Waals surface area (Å²) in [4.78, 5) is 24.6. The first-order valence-corrected chi connectivity index (χ1v) is 38.6. The number of aliphatic hydroxyl groups excluding tert-OH is 2. The zero-order valence-electron chi connectivity index (χ0n) is 57.2. The molecule has 498 valence electrons. The van der Waals surface area contributed by atoms with E-state index in [0.29, 0.717) is 19.4 Å². The molecule has 0 aliphatic rings. The third-order valence-electron chi connectivity index (χ3n) is 18.2. The Morgan fingerprint density at radius 3 is 0.845 bits per heavy atom. The number of rotatable bonds is 73. The van der Waals surface area contributed by atoms with Crippen LogP contribution >= 0.6 is 0 Å². The summed E-state index contributed by atoms with van der Waals surface area (Å²) in [5, 5.41) is 23.3. The maximum absolute atomic E-state index is 12.5. The summed E-state index contributed by atoms with van der Waals surface area (Å²) in [6.07, 6.45) is 94.3. The fourth-order valence-corrected chi connectivity index (χ4v) is 12.3. The van der Waals surface area contributed by atoms with Gasteiger partial charge in [0.15, 0.2) is 0 Å². The number of esters is 1. The molecule has 6 heteroatoms. The summed E-state index contributed by atoms with van der Waals surface area (Å²) in [7, 11) is 0. The molecule has 0 aliphatic heterocycles. The Morgan fingerprint density at radius 2 is 0.560 bits per heavy atom. The lowest BCUT2D eigenvalue weighted by atomic mass is 10.0. The third-order valence-corrected chi connectivity index (χ3v) is 18.2. The van der Waals surface area contributed by atoms with Crippen molar-refractivity contribution < 1.29 is 24.5 Å². The molecule has 0 saturated heterocycles. The molecule has 2 atom stereocenters. The van der Waals surface area contributed by atoms with Crippen LogP contribution in [0.3, 0.4) is 0 Å². The zero-order chi connectivity index (χ0) is 60.6. The highest BCUT2D eigenvalue weighted by Gasteiger charge is 2.18. The van der Waals surface area contributed by atoms with Crippen molar-refractivity contribution in [2.24, 2.45) is 0 Å². The SMILES string of the molecule is CCCCCCCCCCCCCCCCCCCCCCCC/C=C/C(O)C(CO)NC(=O)CCCCCCCCCCCCCC/C=C\CCCCCCCCCCCCCCOC(=O)CCCCCCCCCCCCCCCCC. The van der Waals surface area contributed by atoms with E-state index in [2.05, 4.69) is 31.3 Å². The van der Waals surface area contributed by atoms with Gasteiger partial charge in [-0.2, -0.15) is 0 Å². The number of allylic oxidation sites excluding steroid dienone is 3. The smallest absolute Gasteiger partial charge is 0.305 e. The standard InChI is InChI=1S/C78H151NO5/c1-3-5-7-9-11-13-15-17-19-20-21-22-23-30-33-36-39-43-46-50-54-58-62-66-70-76(81)75(74-80)79-77(82)71-67-63-59-55-51-47-44-40-37-34-31-28-26-24-25-27-29-32-35-38-41-45-49-53-57-61-65-69-73-84-78(83)72-68-64-60-56-52-48-42-18-16-14-12-10-8-6-4-2/h24-25,66,70,75-76,80-81H,3-23,26-65,67-69,71-74H2,1-2H3,(H,79,82)/b25-24-,70-66+. The van der Waals surface area contributed by atoms with Crippen LogP contribution in [0.4, 0.5) is 0 Å². The number of unbranched alkanes of at least 4 members (excludes halogenated alkanes) is 60. The first kappa shape index (κ1) is 82.3. The lowest BCUT2D eigenvalue weighted by Gasteiger charge is -2.20. The molecule has 84 heavy (non-hydrogen) atoms. The molecule has 0 aromatic heterocycles. The lowest BCUT2D eigenvalue weighted by molar-refractivity contribution is -0.143. The van der Waals surface area contributed by atoms with E-state index >= 15 is 0 Å². The summed E-state index contributed by atoms with van der Waals surface area (Å²) in [5.74, 6) is -0.0434. The first-order chi connectivity index (χ1) is 41.5. The maximum Gasteiger partial charge on any atom is 0.305 e. The van der Waals surface area contributed by atoms with Crippen LogP contribution in [0.1, 0.15) is 438 Å². The van der Waals surface area contributed by atoms with Gasteiger partial charge in [0.25, 0.3) is 0 Å². The van der Waals surface area contributed by atoms with Gasteiger partial charge in [-0.05, 0) is 57.8 Å². The van der Waals surface area contributed by atoms with Gasteiger partial charge < -0.3 is 20.3 Å². The van der Waals surface area contributed by atoms with Gasteiger partial charge in [0.05, 0.1) is 25.4 Å². The summed E-state index contributed by atoms with van der Waals surface area (Å²) >= 11 is 0. The summed E-state index contributed by atoms with van der Waals surface area (Å²) < 4.78 is 5.50. The molecule has 0 bridgehead atoms. The molecule has 1 amide bonds. The molecule has 0 radical (unpaired) electrons. The average Bonchev–Trinajstić information content (AvgIpc) is 3.53. The van der Waals surface area contributed by atoms with Crippen LogP contribution in [0, 0.1) is 0 Å². The van der Waals surface area contributed by atoms with Crippen LogP contribution in [-0.2, 0) is 14.3 Å². The number of aliphatic hydroxyl groups is 2. The molecule has 0 heterocycles. The number of hydrogen-bond acceptors (Lipinski definition) is 5. The lowest BCUT2D eigenvalue weighted by Crippen LogP contribution is -2.45. The Hall–Kier alpha value is -1.66. The van der Waals surface area contributed by atoms with E-state index in [1.165, 1.54) is 372 Å². The van der Waals surface area contributed by atoms with Crippen molar-refractivity contribution in [1.82, 2.24) is 5.32 Å². The third kappa shape index (κ3) is 69.4. The molecule has 0 rings (SSSR count). The first-order valence-electron chi connectivity index (χ1n) is 38.6. The fourth-order valence-electron chi connectivity index (χ4n) is 12.3. The van der Waals surface area contributed by atoms with E-state index in [1.54, 1.807) is 6.08 Å². The van der Waals surface area contributed by atoms with Crippen LogP contribution < -0.4 is 5.32 Å². The highest BCUT2D eigenvalue weighted by molar-refractivity contribution is 5.76. The predicted octanol–water partition coefficient (Wildman–Crippen LogP) is 25.3. The van der Waals surface area contributed by atoms with Crippen molar-refractivity contribution in [3.8, 4) is 0 Å². The van der Waals surface area contributed by atoms with Crippen molar-refractivity contribution in [3.63, 3.8) is 0 Å². The van der Waals surface area contributed by atoms with E-state index in [9.17, 15) is 19.8 Å². The van der Waals surface area contributed by atoms with Gasteiger partial charge in [0, 0.05) is 12.8 Å². The van der Waals surface area contributed by atoms with Gasteiger partial charge in [0.1, 0.15) is 0 Å². The second-order valence-corrected chi connectivity index (χ2v) is 26.7. The Bertz CT molecular complexity index is 1320. The highest BCUT2D eigenvalue weighted by Crippen LogP contribution is 2.20. The van der Waals surface area contributed by atoms with Gasteiger partial charge >= 0.3 is 5.97 Å². The second-order valence-electron chi connectivity index (χ2n) is 26.7. The zero-order valence-corrected chi connectivity index (χ0v) is 57.2. The summed E-state index contributed by atoms with van der Waals surface area (Å²) in [5.41, 5.74) is 0. The highest BCUT2D eigenvalue weighted by atomic mass is 16.5. The number of carbonyl (C=O) groups excluding carboxylic acids is 2. The monoisotopic (exact) mass is 1180 g/mol. The van der Waals surface area contributed by atoms with Gasteiger partial charge in [-0.15, -0.1) is 0 Å². The summed E-state index contributed by atoms with van der Waals surface area (Å²) in [6.45, 7) is 4.96. The molecule has 2 unspecified atom stereocenters. The summed E-state index contributed by atoms with van der Waals surface area (Å²) in [6, 6.07) is -0.629. The van der Waals surface area contributed by atoms with E-state index in [0.717, 1.165) is 38.5 Å². The topological polar surface area (TPSA) is 95.9 Å². The van der Waals surface area contributed by atoms with Gasteiger partial charge in [0.2, 0.25) is 5.91 Å². The van der Waals surface area contributed by atoms with Crippen LogP contribution in [0.5, 0.6) is 0 Å². The molecule has 0 aromatic rings. The largest absolute Gasteiger partial charge is 0.466 e. The molecule has 0 fully saturated rings. The van der Waals surface area contributed by atoms with Crippen molar-refractivity contribution in [3.05, 3.63) is 24.3 Å². The molecule has 3 N–H and O–H groups in total. The van der Waals surface area contributed by atoms with Gasteiger partial charge in [-0.3, -0.25) is 9.59 Å². The number of amides is 1. The second kappa shape index (κ2) is 73.8. The fraction of sp³-hybridized carbons (Fsp3) is 0.923. The molecule has 0 spiro atoms. The van der Waals surface area contributed by atoms with Crippen LogP contribution in [0.25, 0.3) is 0 Å². The van der Waals surface area contributed by atoms with E-state index < -0.39 is 12.1 Å². The van der Waals surface area contributed by atoms with Crippen LogP contribution in [-0.4, -0.2) is 47.4 Å². The quantitative estimate of drug-likeness (QED) is 0.0320. The van der Waals surface area contributed by atoms with Crippen molar-refractivity contribution in [2.75, 3.05) is 13.2 Å². The number of hydrogen-bond donors (Lipinski definition) is 3. The van der Waals surface area contributed by atoms with Crippen LogP contribution in [0.15, 0.2) is 24.3 Å². The molecule has 0 saturated carbocycles. The number of ether oxygens (including phenoxy) is 1. The average molecular weight is 1180 g/mol. The Kier molecular flexibility index (Phi) is 72.3. The molecular formula is C78H151NO5.